The summed E-state index contributed by atoms with van der Waals surface area (Å²) in [5.74, 6) is 2.22. The highest BCUT2D eigenvalue weighted by Crippen LogP contribution is 2.48. The fourth-order valence-corrected chi connectivity index (χ4v) is 7.83. The largest absolute Gasteiger partial charge is 0.456 e. The Morgan fingerprint density at radius 3 is 1.74 bits per heavy atom. The number of ether oxygens (including phenoxy) is 1. The average Bonchev–Trinajstić information content (AvgIpc) is 3.66. The molecule has 7 aromatic carbocycles. The molecule has 0 aliphatic carbocycles. The standard InChI is InChI=1S/C42H24N4O/c1-2-13-25(14-3-1)45-32-21-9-6-17-28(32)36-26-15-4-5-16-27(26)37-29-18-7-10-22-33(29)46(41(37)40(36)45)42-43-31-20-12-24-35-38(31)39(44-42)30-19-8-11-23-34(30)47-35/h1-24H. The summed E-state index contributed by atoms with van der Waals surface area (Å²) in [6.45, 7) is 0. The summed E-state index contributed by atoms with van der Waals surface area (Å²) in [4.78, 5) is 10.7. The molecular formula is C42H24N4O. The maximum absolute atomic E-state index is 6.33. The molecule has 1 aliphatic rings. The van der Waals surface area contributed by atoms with E-state index in [-0.39, 0.29) is 0 Å². The molecule has 0 unspecified atom stereocenters. The van der Waals surface area contributed by atoms with Crippen molar-refractivity contribution in [1.29, 1.82) is 0 Å². The molecule has 4 heterocycles. The van der Waals surface area contributed by atoms with Crippen molar-refractivity contribution >= 4 is 65.3 Å². The fraction of sp³-hybridized carbons (Fsp3) is 0. The summed E-state index contributed by atoms with van der Waals surface area (Å²) in [6, 6.07) is 51.1. The predicted molar refractivity (Wildman–Crippen MR) is 191 cm³/mol. The van der Waals surface area contributed by atoms with E-state index in [0.29, 0.717) is 5.95 Å². The van der Waals surface area contributed by atoms with Crippen LogP contribution in [0.2, 0.25) is 0 Å². The van der Waals surface area contributed by atoms with Crippen molar-refractivity contribution in [3.8, 4) is 34.4 Å². The van der Waals surface area contributed by atoms with E-state index in [1.165, 1.54) is 32.3 Å². The van der Waals surface area contributed by atoms with Crippen LogP contribution in [0.5, 0.6) is 11.5 Å². The van der Waals surface area contributed by atoms with E-state index in [4.69, 9.17) is 14.7 Å². The maximum atomic E-state index is 6.33. The number of benzene rings is 7. The molecule has 0 atom stereocenters. The van der Waals surface area contributed by atoms with Crippen LogP contribution in [0.15, 0.2) is 146 Å². The van der Waals surface area contributed by atoms with Crippen molar-refractivity contribution in [2.24, 2.45) is 0 Å². The van der Waals surface area contributed by atoms with E-state index < -0.39 is 0 Å². The van der Waals surface area contributed by atoms with Crippen LogP contribution in [-0.4, -0.2) is 19.1 Å². The Morgan fingerprint density at radius 1 is 0.426 bits per heavy atom. The summed E-state index contributed by atoms with van der Waals surface area (Å²) >= 11 is 0. The van der Waals surface area contributed by atoms with Gasteiger partial charge in [-0.1, -0.05) is 97.1 Å². The summed E-state index contributed by atoms with van der Waals surface area (Å²) in [6.07, 6.45) is 0. The highest BCUT2D eigenvalue weighted by Gasteiger charge is 2.27. The second kappa shape index (κ2) is 9.05. The molecule has 11 rings (SSSR count). The molecule has 5 nitrogen and oxygen atoms in total. The molecule has 0 fully saturated rings. The first kappa shape index (κ1) is 24.8. The number of rotatable bonds is 2. The third-order valence-corrected chi connectivity index (χ3v) is 9.69. The molecule has 0 saturated carbocycles. The first-order valence-electron chi connectivity index (χ1n) is 15.9. The van der Waals surface area contributed by atoms with E-state index >= 15 is 0 Å². The van der Waals surface area contributed by atoms with Gasteiger partial charge in [-0.2, -0.15) is 0 Å². The Bertz CT molecular complexity index is 2940. The van der Waals surface area contributed by atoms with Crippen LogP contribution in [0.4, 0.5) is 0 Å². The average molecular weight is 601 g/mol. The van der Waals surface area contributed by atoms with E-state index in [2.05, 4.69) is 124 Å². The van der Waals surface area contributed by atoms with Gasteiger partial charge in [-0.15, -0.1) is 0 Å². The lowest BCUT2D eigenvalue weighted by molar-refractivity contribution is 0.486. The number of fused-ring (bicyclic) bond motifs is 12. The second-order valence-electron chi connectivity index (χ2n) is 12.2. The topological polar surface area (TPSA) is 44.9 Å². The quantitative estimate of drug-likeness (QED) is 0.198. The van der Waals surface area contributed by atoms with Gasteiger partial charge in [-0.05, 0) is 59.3 Å². The second-order valence-corrected chi connectivity index (χ2v) is 12.2. The molecule has 0 spiro atoms. The van der Waals surface area contributed by atoms with E-state index in [9.17, 15) is 0 Å². The molecule has 1 aliphatic heterocycles. The molecule has 3 aromatic heterocycles. The van der Waals surface area contributed by atoms with Gasteiger partial charge < -0.3 is 9.30 Å². The van der Waals surface area contributed by atoms with Crippen molar-refractivity contribution in [1.82, 2.24) is 19.1 Å². The van der Waals surface area contributed by atoms with Crippen LogP contribution in [-0.2, 0) is 0 Å². The Kier molecular flexibility index (Phi) is 4.78. The molecule has 0 radical (unpaired) electrons. The van der Waals surface area contributed by atoms with Gasteiger partial charge in [0.05, 0.1) is 38.7 Å². The third kappa shape index (κ3) is 3.22. The number of aromatic nitrogens is 4. The Hall–Kier alpha value is -6.46. The Labute approximate surface area is 268 Å². The monoisotopic (exact) mass is 600 g/mol. The van der Waals surface area contributed by atoms with Crippen LogP contribution in [0, 0.1) is 0 Å². The molecule has 5 heteroatoms. The van der Waals surface area contributed by atoms with Gasteiger partial charge in [0.1, 0.15) is 11.5 Å². The lowest BCUT2D eigenvalue weighted by Crippen LogP contribution is -2.07. The lowest BCUT2D eigenvalue weighted by Gasteiger charge is -2.21. The van der Waals surface area contributed by atoms with Crippen LogP contribution >= 0.6 is 0 Å². The SMILES string of the molecule is c1ccc(-n2c3ccccc3c3c4ccccc4c4c5ccccc5n(-c5nc6c7c(cccc7n5)Oc5ccccc5-6)c4c32)cc1. The molecular weight excluding hydrogens is 576 g/mol. The summed E-state index contributed by atoms with van der Waals surface area (Å²) in [5.41, 5.74) is 8.26. The molecule has 47 heavy (non-hydrogen) atoms. The number of para-hydroxylation sites is 4. The third-order valence-electron chi connectivity index (χ3n) is 9.69. The van der Waals surface area contributed by atoms with E-state index in [1.54, 1.807) is 0 Å². The zero-order chi connectivity index (χ0) is 30.6. The lowest BCUT2D eigenvalue weighted by atomic mass is 9.98. The van der Waals surface area contributed by atoms with Gasteiger partial charge in [-0.3, -0.25) is 4.57 Å². The Morgan fingerprint density at radius 2 is 1.00 bits per heavy atom. The number of hydrogen-bond acceptors (Lipinski definition) is 3. The summed E-state index contributed by atoms with van der Waals surface area (Å²) < 4.78 is 11.0. The first-order valence-corrected chi connectivity index (χ1v) is 15.9. The predicted octanol–water partition coefficient (Wildman–Crippen LogP) is 10.7. The first-order chi connectivity index (χ1) is 23.3. The summed E-state index contributed by atoms with van der Waals surface area (Å²) in [7, 11) is 0. The highest BCUT2D eigenvalue weighted by molar-refractivity contribution is 6.36. The zero-order valence-electron chi connectivity index (χ0n) is 25.1. The fourth-order valence-electron chi connectivity index (χ4n) is 7.83. The van der Waals surface area contributed by atoms with Crippen molar-refractivity contribution < 1.29 is 4.74 Å². The number of hydrogen-bond donors (Lipinski definition) is 0. The van der Waals surface area contributed by atoms with Gasteiger partial charge in [0.25, 0.3) is 0 Å². The highest BCUT2D eigenvalue weighted by atomic mass is 16.5. The van der Waals surface area contributed by atoms with Crippen LogP contribution in [0.3, 0.4) is 0 Å². The van der Waals surface area contributed by atoms with Gasteiger partial charge >= 0.3 is 0 Å². The van der Waals surface area contributed by atoms with Gasteiger partial charge in [0.15, 0.2) is 0 Å². The zero-order valence-corrected chi connectivity index (χ0v) is 25.1. The normalized spacial score (nSPS) is 12.4. The van der Waals surface area contributed by atoms with E-state index in [1.807, 2.05) is 30.3 Å². The molecule has 0 amide bonds. The van der Waals surface area contributed by atoms with Gasteiger partial charge in [0, 0.05) is 32.8 Å². The molecule has 218 valence electrons. The summed E-state index contributed by atoms with van der Waals surface area (Å²) in [5, 5.41) is 8.17. The minimum Gasteiger partial charge on any atom is -0.456 e. The van der Waals surface area contributed by atoms with Gasteiger partial charge in [-0.25, -0.2) is 9.97 Å². The molecule has 0 saturated heterocycles. The Balaban J connectivity index is 1.42. The van der Waals surface area contributed by atoms with Crippen molar-refractivity contribution in [3.05, 3.63) is 146 Å². The van der Waals surface area contributed by atoms with E-state index in [0.717, 1.165) is 61.4 Å². The minimum atomic E-state index is 0.633. The molecule has 0 N–H and O–H groups in total. The van der Waals surface area contributed by atoms with Crippen LogP contribution in [0.25, 0.3) is 88.2 Å². The smallest absolute Gasteiger partial charge is 0.235 e. The minimum absolute atomic E-state index is 0.633. The van der Waals surface area contributed by atoms with Crippen LogP contribution < -0.4 is 4.74 Å². The van der Waals surface area contributed by atoms with Crippen LogP contribution in [0.1, 0.15) is 0 Å². The molecule has 0 bridgehead atoms. The van der Waals surface area contributed by atoms with Crippen molar-refractivity contribution in [2.75, 3.05) is 0 Å². The van der Waals surface area contributed by atoms with Gasteiger partial charge in [0.2, 0.25) is 5.95 Å². The maximum Gasteiger partial charge on any atom is 0.235 e. The van der Waals surface area contributed by atoms with Crippen molar-refractivity contribution in [2.45, 2.75) is 0 Å². The molecule has 10 aromatic rings. The van der Waals surface area contributed by atoms with Crippen molar-refractivity contribution in [3.63, 3.8) is 0 Å². The number of nitrogens with zero attached hydrogens (tertiary/aromatic N) is 4.